The minimum atomic E-state index is 0.854. The maximum atomic E-state index is 2.78. The normalized spacial score (nSPS) is 22.3. The van der Waals surface area contributed by atoms with Crippen LogP contribution in [0.4, 0.5) is 0 Å². The van der Waals surface area contributed by atoms with E-state index in [9.17, 15) is 0 Å². The Labute approximate surface area is 115 Å². The molecule has 2 atom stereocenters. The molecular formula is C17H35N. The summed E-state index contributed by atoms with van der Waals surface area (Å²) in [6, 6.07) is 0.854. The lowest BCUT2D eigenvalue weighted by atomic mass is 9.85. The summed E-state index contributed by atoms with van der Waals surface area (Å²) in [5, 5.41) is 0. The molecule has 1 rings (SSSR count). The molecule has 0 saturated carbocycles. The number of hydrogen-bond donors (Lipinski definition) is 0. The highest BCUT2D eigenvalue weighted by Crippen LogP contribution is 2.27. The van der Waals surface area contributed by atoms with Gasteiger partial charge in [-0.25, -0.2) is 0 Å². The summed E-state index contributed by atoms with van der Waals surface area (Å²) in [4.78, 5) is 2.78. The van der Waals surface area contributed by atoms with E-state index < -0.39 is 0 Å². The zero-order valence-electron chi connectivity index (χ0n) is 13.4. The minimum absolute atomic E-state index is 0.854. The molecule has 108 valence electrons. The highest BCUT2D eigenvalue weighted by molar-refractivity contribution is 4.79. The molecule has 0 aromatic rings. The van der Waals surface area contributed by atoms with Crippen molar-refractivity contribution in [2.45, 2.75) is 79.2 Å². The van der Waals surface area contributed by atoms with Gasteiger partial charge in [-0.1, -0.05) is 41.0 Å². The van der Waals surface area contributed by atoms with Crippen molar-refractivity contribution in [1.29, 1.82) is 0 Å². The molecule has 1 nitrogen and oxygen atoms in total. The molecule has 0 aliphatic carbocycles. The highest BCUT2D eigenvalue weighted by Gasteiger charge is 2.25. The van der Waals surface area contributed by atoms with Crippen LogP contribution in [0.1, 0.15) is 73.1 Å². The Morgan fingerprint density at radius 1 is 0.944 bits per heavy atom. The largest absolute Gasteiger partial charge is 0.300 e. The molecule has 0 amide bonds. The van der Waals surface area contributed by atoms with Gasteiger partial charge < -0.3 is 4.90 Å². The fourth-order valence-corrected chi connectivity index (χ4v) is 3.28. The number of hydrogen-bond acceptors (Lipinski definition) is 1. The van der Waals surface area contributed by atoms with Crippen molar-refractivity contribution in [3.63, 3.8) is 0 Å². The third kappa shape index (κ3) is 4.91. The van der Waals surface area contributed by atoms with E-state index in [4.69, 9.17) is 0 Å². The highest BCUT2D eigenvalue weighted by atomic mass is 15.2. The van der Waals surface area contributed by atoms with Gasteiger partial charge in [-0.3, -0.25) is 0 Å². The molecule has 0 bridgehead atoms. The lowest BCUT2D eigenvalue weighted by molar-refractivity contribution is 0.103. The Morgan fingerprint density at radius 2 is 1.56 bits per heavy atom. The van der Waals surface area contributed by atoms with Crippen LogP contribution in [0, 0.1) is 17.8 Å². The van der Waals surface area contributed by atoms with Gasteiger partial charge >= 0.3 is 0 Å². The molecule has 0 N–H and O–H groups in total. The van der Waals surface area contributed by atoms with Crippen molar-refractivity contribution >= 4 is 0 Å². The smallest absolute Gasteiger partial charge is 0.00927 e. The predicted octanol–water partition coefficient (Wildman–Crippen LogP) is 4.96. The lowest BCUT2D eigenvalue weighted by Crippen LogP contribution is -2.42. The molecule has 1 saturated heterocycles. The van der Waals surface area contributed by atoms with Crippen molar-refractivity contribution in [2.75, 3.05) is 13.1 Å². The zero-order chi connectivity index (χ0) is 13.5. The SMILES string of the molecule is CCC(C)CCC(CC)N1CCC(C(C)C)CC1. The molecule has 2 unspecified atom stereocenters. The van der Waals surface area contributed by atoms with E-state index in [1.165, 1.54) is 51.6 Å². The van der Waals surface area contributed by atoms with Crippen LogP contribution in [0.15, 0.2) is 0 Å². The van der Waals surface area contributed by atoms with Crippen molar-refractivity contribution < 1.29 is 0 Å². The first-order valence-electron chi connectivity index (χ1n) is 8.32. The molecule has 1 aliphatic heterocycles. The van der Waals surface area contributed by atoms with E-state index in [1.807, 2.05) is 0 Å². The molecule has 0 aromatic carbocycles. The van der Waals surface area contributed by atoms with E-state index in [-0.39, 0.29) is 0 Å². The molecule has 18 heavy (non-hydrogen) atoms. The predicted molar refractivity (Wildman–Crippen MR) is 81.9 cm³/mol. The zero-order valence-corrected chi connectivity index (χ0v) is 13.4. The average Bonchev–Trinajstić information content (AvgIpc) is 2.39. The van der Waals surface area contributed by atoms with Crippen LogP contribution in [0.5, 0.6) is 0 Å². The summed E-state index contributed by atoms with van der Waals surface area (Å²) in [5.41, 5.74) is 0. The fourth-order valence-electron chi connectivity index (χ4n) is 3.28. The second-order valence-corrected chi connectivity index (χ2v) is 6.77. The van der Waals surface area contributed by atoms with Crippen molar-refractivity contribution in [1.82, 2.24) is 4.90 Å². The molecular weight excluding hydrogens is 218 g/mol. The van der Waals surface area contributed by atoms with Gasteiger partial charge in [-0.05, 0) is 62.9 Å². The second-order valence-electron chi connectivity index (χ2n) is 6.77. The van der Waals surface area contributed by atoms with Crippen LogP contribution in [-0.4, -0.2) is 24.0 Å². The number of rotatable bonds is 7. The van der Waals surface area contributed by atoms with Crippen LogP contribution < -0.4 is 0 Å². The summed E-state index contributed by atoms with van der Waals surface area (Å²) in [6.45, 7) is 14.6. The molecule has 1 heterocycles. The quantitative estimate of drug-likeness (QED) is 0.620. The van der Waals surface area contributed by atoms with Crippen LogP contribution in [0.3, 0.4) is 0 Å². The lowest BCUT2D eigenvalue weighted by Gasteiger charge is -2.39. The van der Waals surface area contributed by atoms with Gasteiger partial charge in [0.2, 0.25) is 0 Å². The Bertz CT molecular complexity index is 204. The summed E-state index contributed by atoms with van der Waals surface area (Å²) in [6.07, 6.45) is 8.36. The minimum Gasteiger partial charge on any atom is -0.300 e. The van der Waals surface area contributed by atoms with E-state index in [1.54, 1.807) is 0 Å². The Hall–Kier alpha value is -0.0400. The summed E-state index contributed by atoms with van der Waals surface area (Å²) < 4.78 is 0. The van der Waals surface area contributed by atoms with Gasteiger partial charge in [0.15, 0.2) is 0 Å². The van der Waals surface area contributed by atoms with E-state index in [2.05, 4.69) is 39.5 Å². The van der Waals surface area contributed by atoms with Gasteiger partial charge in [-0.2, -0.15) is 0 Å². The summed E-state index contributed by atoms with van der Waals surface area (Å²) in [7, 11) is 0. The molecule has 0 aromatic heterocycles. The van der Waals surface area contributed by atoms with E-state index in [0.29, 0.717) is 0 Å². The van der Waals surface area contributed by atoms with Crippen LogP contribution in [0.25, 0.3) is 0 Å². The van der Waals surface area contributed by atoms with Crippen molar-refractivity contribution in [2.24, 2.45) is 17.8 Å². The number of likely N-dealkylation sites (tertiary alicyclic amines) is 1. The molecule has 1 aliphatic rings. The Kier molecular flexibility index (Phi) is 7.29. The average molecular weight is 253 g/mol. The third-order valence-corrected chi connectivity index (χ3v) is 5.19. The van der Waals surface area contributed by atoms with Crippen molar-refractivity contribution in [3.05, 3.63) is 0 Å². The van der Waals surface area contributed by atoms with Gasteiger partial charge in [0.05, 0.1) is 0 Å². The summed E-state index contributed by atoms with van der Waals surface area (Å²) >= 11 is 0. The first-order chi connectivity index (χ1) is 8.58. The number of nitrogens with zero attached hydrogens (tertiary/aromatic N) is 1. The molecule has 0 radical (unpaired) electrons. The molecule has 0 spiro atoms. The van der Waals surface area contributed by atoms with Crippen LogP contribution >= 0.6 is 0 Å². The standard InChI is InChI=1S/C17H35N/c1-6-15(5)8-9-17(7-2)18-12-10-16(11-13-18)14(3)4/h14-17H,6-13H2,1-5H3. The maximum absolute atomic E-state index is 2.78. The van der Waals surface area contributed by atoms with Gasteiger partial charge in [0.1, 0.15) is 0 Å². The number of piperidine rings is 1. The second kappa shape index (κ2) is 8.19. The third-order valence-electron chi connectivity index (χ3n) is 5.19. The molecule has 1 fully saturated rings. The van der Waals surface area contributed by atoms with Gasteiger partial charge in [0, 0.05) is 6.04 Å². The van der Waals surface area contributed by atoms with E-state index in [0.717, 1.165) is 23.8 Å². The Balaban J connectivity index is 2.33. The fraction of sp³-hybridized carbons (Fsp3) is 1.00. The first-order valence-corrected chi connectivity index (χ1v) is 8.32. The first kappa shape index (κ1) is 16.0. The van der Waals surface area contributed by atoms with Crippen LogP contribution in [0.2, 0.25) is 0 Å². The van der Waals surface area contributed by atoms with E-state index >= 15 is 0 Å². The molecule has 1 heteroatoms. The van der Waals surface area contributed by atoms with Gasteiger partial charge in [0.25, 0.3) is 0 Å². The van der Waals surface area contributed by atoms with Crippen LogP contribution in [-0.2, 0) is 0 Å². The van der Waals surface area contributed by atoms with Gasteiger partial charge in [-0.15, -0.1) is 0 Å². The maximum Gasteiger partial charge on any atom is 0.00927 e. The Morgan fingerprint density at radius 3 is 2.00 bits per heavy atom. The topological polar surface area (TPSA) is 3.24 Å². The monoisotopic (exact) mass is 253 g/mol. The summed E-state index contributed by atoms with van der Waals surface area (Å²) in [5.74, 6) is 2.77. The van der Waals surface area contributed by atoms with Crippen molar-refractivity contribution in [3.8, 4) is 0 Å².